The summed E-state index contributed by atoms with van der Waals surface area (Å²) in [5, 5.41) is 0. The van der Waals surface area contributed by atoms with Crippen LogP contribution in [0, 0.1) is 5.92 Å². The molecule has 1 aromatic rings. The van der Waals surface area contributed by atoms with E-state index in [1.165, 1.54) is 0 Å². The molecule has 0 radical (unpaired) electrons. The number of piperazine rings is 1. The highest BCUT2D eigenvalue weighted by atomic mass is 16.2. The van der Waals surface area contributed by atoms with Crippen molar-refractivity contribution in [1.29, 1.82) is 0 Å². The van der Waals surface area contributed by atoms with Gasteiger partial charge >= 0.3 is 0 Å². The molecule has 2 heterocycles. The molecule has 2 amide bonds. The summed E-state index contributed by atoms with van der Waals surface area (Å²) in [6.45, 7) is 4.91. The van der Waals surface area contributed by atoms with Crippen LogP contribution in [0.4, 0.5) is 0 Å². The number of benzene rings is 1. The van der Waals surface area contributed by atoms with Gasteiger partial charge < -0.3 is 10.6 Å². The van der Waals surface area contributed by atoms with Gasteiger partial charge in [0.2, 0.25) is 11.8 Å². The van der Waals surface area contributed by atoms with Gasteiger partial charge in [0.1, 0.15) is 6.04 Å². The van der Waals surface area contributed by atoms with Crippen molar-refractivity contribution in [3.63, 3.8) is 0 Å². The molecule has 2 saturated heterocycles. The van der Waals surface area contributed by atoms with Crippen LogP contribution < -0.4 is 16.6 Å². The Bertz CT molecular complexity index is 594. The molecule has 24 heavy (non-hydrogen) atoms. The van der Waals surface area contributed by atoms with E-state index in [1.54, 1.807) is 4.90 Å². The van der Waals surface area contributed by atoms with Gasteiger partial charge in [0.05, 0.1) is 5.92 Å². The molecule has 3 unspecified atom stereocenters. The first-order valence-electron chi connectivity index (χ1n) is 8.40. The van der Waals surface area contributed by atoms with Crippen LogP contribution >= 0.6 is 0 Å². The van der Waals surface area contributed by atoms with E-state index >= 15 is 0 Å². The summed E-state index contributed by atoms with van der Waals surface area (Å²) in [7, 11) is 0. The summed E-state index contributed by atoms with van der Waals surface area (Å²) in [4.78, 5) is 28.5. The van der Waals surface area contributed by atoms with Crippen molar-refractivity contribution < 1.29 is 9.59 Å². The number of carbonyl (C=O) groups excluding carboxylic acids is 2. The number of hydrazine groups is 1. The number of nitrogens with zero attached hydrogens (tertiary/aromatic N) is 2. The number of nitrogens with one attached hydrogen (secondary N) is 2. The summed E-state index contributed by atoms with van der Waals surface area (Å²) >= 11 is 0. The summed E-state index contributed by atoms with van der Waals surface area (Å²) in [6, 6.07) is 9.65. The first-order chi connectivity index (χ1) is 11.6. The molecule has 2 aliphatic rings. The first kappa shape index (κ1) is 16.9. The molecule has 0 spiro atoms. The highest BCUT2D eigenvalue weighted by molar-refractivity contribution is 5.84. The lowest BCUT2D eigenvalue weighted by molar-refractivity contribution is -0.140. The summed E-state index contributed by atoms with van der Waals surface area (Å²) in [5.74, 6) is -0.385. The van der Waals surface area contributed by atoms with E-state index in [0.717, 1.165) is 5.56 Å². The zero-order valence-electron chi connectivity index (χ0n) is 13.9. The van der Waals surface area contributed by atoms with E-state index in [2.05, 4.69) is 15.8 Å². The van der Waals surface area contributed by atoms with E-state index in [4.69, 9.17) is 5.73 Å². The normalized spacial score (nSPS) is 28.0. The lowest BCUT2D eigenvalue weighted by atomic mass is 10.0. The van der Waals surface area contributed by atoms with Crippen molar-refractivity contribution in [2.24, 2.45) is 11.7 Å². The number of hydrogen-bond acceptors (Lipinski definition) is 5. The van der Waals surface area contributed by atoms with Crippen molar-refractivity contribution in [3.05, 3.63) is 35.9 Å². The van der Waals surface area contributed by atoms with Gasteiger partial charge in [-0.15, -0.1) is 0 Å². The highest BCUT2D eigenvalue weighted by Gasteiger charge is 2.38. The summed E-state index contributed by atoms with van der Waals surface area (Å²) in [6.07, 6.45) is 0. The molecule has 0 saturated carbocycles. The van der Waals surface area contributed by atoms with Crippen LogP contribution in [0.5, 0.6) is 0 Å². The van der Waals surface area contributed by atoms with E-state index in [0.29, 0.717) is 32.7 Å². The van der Waals surface area contributed by atoms with Gasteiger partial charge in [0, 0.05) is 38.8 Å². The third-order valence-corrected chi connectivity index (χ3v) is 4.93. The predicted molar refractivity (Wildman–Crippen MR) is 90.5 cm³/mol. The van der Waals surface area contributed by atoms with Crippen molar-refractivity contribution in [2.75, 3.05) is 26.2 Å². The molecule has 130 valence electrons. The van der Waals surface area contributed by atoms with Gasteiger partial charge in [0.15, 0.2) is 0 Å². The second-order valence-electron chi connectivity index (χ2n) is 6.58. The van der Waals surface area contributed by atoms with Gasteiger partial charge in [-0.2, -0.15) is 0 Å². The van der Waals surface area contributed by atoms with E-state index in [1.807, 2.05) is 37.3 Å². The lowest BCUT2D eigenvalue weighted by Gasteiger charge is -2.41. The van der Waals surface area contributed by atoms with Crippen LogP contribution in [0.3, 0.4) is 0 Å². The van der Waals surface area contributed by atoms with Crippen LogP contribution in [0.15, 0.2) is 30.3 Å². The Balaban J connectivity index is 1.67. The fourth-order valence-electron chi connectivity index (χ4n) is 3.44. The zero-order chi connectivity index (χ0) is 17.1. The molecular weight excluding hydrogens is 306 g/mol. The van der Waals surface area contributed by atoms with Crippen LogP contribution in [-0.2, 0) is 16.1 Å². The number of rotatable bonds is 4. The minimum atomic E-state index is -0.444. The standard InChI is InChI=1S/C17H25N5O2/c1-12-14(9-19-20-12)17(24)22-8-7-21(15(11-22)16(18)23)10-13-5-3-2-4-6-13/h2-6,12,14-15,19-20H,7-11H2,1H3,(H2,18,23). The molecule has 2 fully saturated rings. The van der Waals surface area contributed by atoms with E-state index in [-0.39, 0.29) is 23.8 Å². The Hall–Kier alpha value is -1.96. The Kier molecular flexibility index (Phi) is 5.13. The molecule has 4 N–H and O–H groups in total. The second-order valence-corrected chi connectivity index (χ2v) is 6.58. The molecule has 2 aliphatic heterocycles. The summed E-state index contributed by atoms with van der Waals surface area (Å²) in [5.41, 5.74) is 12.8. The molecule has 3 rings (SSSR count). The first-order valence-corrected chi connectivity index (χ1v) is 8.40. The van der Waals surface area contributed by atoms with Gasteiger partial charge in [-0.25, -0.2) is 0 Å². The van der Waals surface area contributed by atoms with Gasteiger partial charge in [-0.05, 0) is 12.5 Å². The maximum Gasteiger partial charge on any atom is 0.236 e. The molecule has 1 aromatic carbocycles. The SMILES string of the molecule is CC1NNCC1C(=O)N1CCN(Cc2ccccc2)C(C(N)=O)C1. The average molecular weight is 331 g/mol. The Labute approximate surface area is 142 Å². The van der Waals surface area contributed by atoms with E-state index in [9.17, 15) is 9.59 Å². The fourth-order valence-corrected chi connectivity index (χ4v) is 3.44. The molecule has 7 nitrogen and oxygen atoms in total. The minimum Gasteiger partial charge on any atom is -0.368 e. The van der Waals surface area contributed by atoms with Crippen LogP contribution in [0.2, 0.25) is 0 Å². The zero-order valence-corrected chi connectivity index (χ0v) is 13.9. The number of primary amides is 1. The average Bonchev–Trinajstić information content (AvgIpc) is 3.01. The monoisotopic (exact) mass is 331 g/mol. The molecule has 7 heteroatoms. The Morgan fingerprint density at radius 1 is 1.25 bits per heavy atom. The lowest BCUT2D eigenvalue weighted by Crippen LogP contribution is -2.60. The minimum absolute atomic E-state index is 0.0885. The number of nitrogens with two attached hydrogens (primary N) is 1. The number of carbonyl (C=O) groups is 2. The topological polar surface area (TPSA) is 90.7 Å². The highest BCUT2D eigenvalue weighted by Crippen LogP contribution is 2.18. The Morgan fingerprint density at radius 2 is 2.00 bits per heavy atom. The number of hydrogen-bond donors (Lipinski definition) is 3. The van der Waals surface area contributed by atoms with Crippen molar-refractivity contribution >= 4 is 11.8 Å². The van der Waals surface area contributed by atoms with E-state index < -0.39 is 6.04 Å². The van der Waals surface area contributed by atoms with Gasteiger partial charge in [-0.1, -0.05) is 30.3 Å². The third-order valence-electron chi connectivity index (χ3n) is 4.93. The third kappa shape index (κ3) is 3.58. The molecule has 3 atom stereocenters. The summed E-state index contributed by atoms with van der Waals surface area (Å²) < 4.78 is 0. The molecule has 0 bridgehead atoms. The van der Waals surface area contributed by atoms with Crippen molar-refractivity contribution in [2.45, 2.75) is 25.6 Å². The maximum absolute atomic E-state index is 12.7. The molecule has 0 aliphatic carbocycles. The predicted octanol–water partition coefficient (Wildman–Crippen LogP) is -0.703. The number of amides is 2. The second kappa shape index (κ2) is 7.29. The quantitative estimate of drug-likeness (QED) is 0.679. The van der Waals surface area contributed by atoms with Gasteiger partial charge in [0.25, 0.3) is 0 Å². The van der Waals surface area contributed by atoms with Crippen molar-refractivity contribution in [3.8, 4) is 0 Å². The van der Waals surface area contributed by atoms with Crippen LogP contribution in [-0.4, -0.2) is 59.9 Å². The smallest absolute Gasteiger partial charge is 0.236 e. The van der Waals surface area contributed by atoms with Gasteiger partial charge in [-0.3, -0.25) is 25.3 Å². The largest absolute Gasteiger partial charge is 0.368 e. The Morgan fingerprint density at radius 3 is 2.62 bits per heavy atom. The molecule has 0 aromatic heterocycles. The van der Waals surface area contributed by atoms with Crippen LogP contribution in [0.25, 0.3) is 0 Å². The fraction of sp³-hybridized carbons (Fsp3) is 0.529. The van der Waals surface area contributed by atoms with Crippen molar-refractivity contribution in [1.82, 2.24) is 20.7 Å². The maximum atomic E-state index is 12.7. The van der Waals surface area contributed by atoms with Crippen LogP contribution in [0.1, 0.15) is 12.5 Å². The molecular formula is C17H25N5O2.